The van der Waals surface area contributed by atoms with Gasteiger partial charge in [-0.15, -0.1) is 0 Å². The van der Waals surface area contributed by atoms with E-state index in [1.807, 2.05) is 24.3 Å². The summed E-state index contributed by atoms with van der Waals surface area (Å²) in [5, 5.41) is 1.91. The number of nitrogens with one attached hydrogen (secondary N) is 2. The Bertz CT molecular complexity index is 990. The number of hydrazine groups is 1. The first-order valence-electron chi connectivity index (χ1n) is 8.85. The number of aromatic nitrogens is 1. The number of aryl methyl sites for hydroxylation is 1. The first-order valence-corrected chi connectivity index (χ1v) is 9.84. The number of amides is 2. The molecule has 0 spiro atoms. The van der Waals surface area contributed by atoms with Crippen molar-refractivity contribution in [2.75, 3.05) is 12.9 Å². The van der Waals surface area contributed by atoms with Crippen molar-refractivity contribution in [1.29, 1.82) is 0 Å². The van der Waals surface area contributed by atoms with Crippen molar-refractivity contribution in [3.05, 3.63) is 65.7 Å². The predicted octanol–water partition coefficient (Wildman–Crippen LogP) is 3.36. The lowest BCUT2D eigenvalue weighted by molar-refractivity contribution is -0.119. The summed E-state index contributed by atoms with van der Waals surface area (Å²) in [5.74, 6) is 0.121. The SMILES string of the molecule is CCc1cc2ccccc2nc1SCC(=O)NNC(=O)c1ccc(OC)cc1. The number of hydrogen-bond donors (Lipinski definition) is 2. The van der Waals surface area contributed by atoms with Crippen LogP contribution in [0.1, 0.15) is 22.8 Å². The summed E-state index contributed by atoms with van der Waals surface area (Å²) in [5.41, 5.74) is 7.28. The number of carbonyl (C=O) groups is 2. The summed E-state index contributed by atoms with van der Waals surface area (Å²) in [6.07, 6.45) is 0.829. The quantitative estimate of drug-likeness (QED) is 0.494. The summed E-state index contributed by atoms with van der Waals surface area (Å²) in [6, 6.07) is 16.6. The molecule has 3 aromatic rings. The van der Waals surface area contributed by atoms with Crippen LogP contribution in [0.5, 0.6) is 5.75 Å². The van der Waals surface area contributed by atoms with Crippen LogP contribution in [-0.4, -0.2) is 29.7 Å². The molecule has 0 fully saturated rings. The molecule has 2 amide bonds. The van der Waals surface area contributed by atoms with Crippen LogP contribution >= 0.6 is 11.8 Å². The van der Waals surface area contributed by atoms with Gasteiger partial charge in [0.2, 0.25) is 5.91 Å². The number of para-hydroxylation sites is 1. The average molecular weight is 395 g/mol. The minimum atomic E-state index is -0.390. The molecule has 1 heterocycles. The minimum Gasteiger partial charge on any atom is -0.497 e. The topological polar surface area (TPSA) is 80.3 Å². The third-order valence-electron chi connectivity index (χ3n) is 4.15. The molecule has 0 radical (unpaired) electrons. The number of benzene rings is 2. The van der Waals surface area contributed by atoms with Crippen LogP contribution in [0.4, 0.5) is 0 Å². The van der Waals surface area contributed by atoms with E-state index in [4.69, 9.17) is 4.74 Å². The van der Waals surface area contributed by atoms with E-state index in [1.54, 1.807) is 31.4 Å². The molecule has 7 heteroatoms. The molecule has 2 N–H and O–H groups in total. The summed E-state index contributed by atoms with van der Waals surface area (Å²) < 4.78 is 5.06. The molecule has 0 saturated heterocycles. The van der Waals surface area contributed by atoms with Crippen molar-refractivity contribution in [2.45, 2.75) is 18.4 Å². The Labute approximate surface area is 167 Å². The number of rotatable bonds is 6. The van der Waals surface area contributed by atoms with Crippen LogP contribution < -0.4 is 15.6 Å². The second kappa shape index (κ2) is 9.23. The van der Waals surface area contributed by atoms with E-state index in [2.05, 4.69) is 28.8 Å². The van der Waals surface area contributed by atoms with E-state index in [0.717, 1.165) is 27.9 Å². The zero-order valence-electron chi connectivity index (χ0n) is 15.7. The highest BCUT2D eigenvalue weighted by molar-refractivity contribution is 7.99. The first-order chi connectivity index (χ1) is 13.6. The molecule has 0 bridgehead atoms. The molecular formula is C21H21N3O3S. The first kappa shape index (κ1) is 19.7. The Hall–Kier alpha value is -3.06. The predicted molar refractivity (Wildman–Crippen MR) is 110 cm³/mol. The van der Waals surface area contributed by atoms with Crippen LogP contribution in [0.2, 0.25) is 0 Å². The van der Waals surface area contributed by atoms with Gasteiger partial charge in [-0.25, -0.2) is 4.98 Å². The molecule has 3 rings (SSSR count). The molecule has 0 atom stereocenters. The Morgan fingerprint density at radius 3 is 2.54 bits per heavy atom. The van der Waals surface area contributed by atoms with Crippen LogP contribution in [0, 0.1) is 0 Å². The highest BCUT2D eigenvalue weighted by Gasteiger charge is 2.11. The maximum absolute atomic E-state index is 12.1. The highest BCUT2D eigenvalue weighted by atomic mass is 32.2. The van der Waals surface area contributed by atoms with Gasteiger partial charge in [0.15, 0.2) is 0 Å². The van der Waals surface area contributed by atoms with Crippen LogP contribution in [0.3, 0.4) is 0 Å². The van der Waals surface area contributed by atoms with Gasteiger partial charge in [-0.1, -0.05) is 36.9 Å². The lowest BCUT2D eigenvalue weighted by Crippen LogP contribution is -2.42. The van der Waals surface area contributed by atoms with Crippen LogP contribution in [0.15, 0.2) is 59.6 Å². The van der Waals surface area contributed by atoms with Gasteiger partial charge >= 0.3 is 0 Å². The molecular weight excluding hydrogens is 374 g/mol. The minimum absolute atomic E-state index is 0.154. The van der Waals surface area contributed by atoms with Gasteiger partial charge in [-0.2, -0.15) is 0 Å². The van der Waals surface area contributed by atoms with E-state index in [0.29, 0.717) is 11.3 Å². The lowest BCUT2D eigenvalue weighted by atomic mass is 10.1. The second-order valence-corrected chi connectivity index (χ2v) is 6.98. The van der Waals surface area contributed by atoms with Crippen molar-refractivity contribution in [1.82, 2.24) is 15.8 Å². The average Bonchev–Trinajstić information content (AvgIpc) is 2.75. The fourth-order valence-electron chi connectivity index (χ4n) is 2.63. The Kier molecular flexibility index (Phi) is 6.49. The third kappa shape index (κ3) is 4.80. The summed E-state index contributed by atoms with van der Waals surface area (Å²) in [6.45, 7) is 2.06. The number of nitrogens with zero attached hydrogens (tertiary/aromatic N) is 1. The smallest absolute Gasteiger partial charge is 0.269 e. The van der Waals surface area contributed by atoms with Crippen molar-refractivity contribution in [3.63, 3.8) is 0 Å². The lowest BCUT2D eigenvalue weighted by Gasteiger charge is -2.10. The van der Waals surface area contributed by atoms with Crippen molar-refractivity contribution < 1.29 is 14.3 Å². The zero-order valence-corrected chi connectivity index (χ0v) is 16.5. The summed E-state index contributed by atoms with van der Waals surface area (Å²) in [7, 11) is 1.56. The fraction of sp³-hybridized carbons (Fsp3) is 0.190. The number of ether oxygens (including phenoxy) is 1. The molecule has 0 saturated carbocycles. The third-order valence-corrected chi connectivity index (χ3v) is 5.19. The molecule has 0 unspecified atom stereocenters. The molecule has 28 heavy (non-hydrogen) atoms. The van der Waals surface area contributed by atoms with E-state index in [-0.39, 0.29) is 17.6 Å². The number of fused-ring (bicyclic) bond motifs is 1. The van der Waals surface area contributed by atoms with E-state index < -0.39 is 0 Å². The molecule has 1 aromatic heterocycles. The Balaban J connectivity index is 1.56. The van der Waals surface area contributed by atoms with E-state index >= 15 is 0 Å². The standard InChI is InChI=1S/C21H21N3O3S/c1-3-14-12-16-6-4-5-7-18(16)22-21(14)28-13-19(25)23-24-20(26)15-8-10-17(27-2)11-9-15/h4-12H,3,13H2,1-2H3,(H,23,25)(H,24,26). The normalized spacial score (nSPS) is 10.5. The van der Waals surface area contributed by atoms with Crippen LogP contribution in [0.25, 0.3) is 10.9 Å². The molecule has 0 aliphatic rings. The van der Waals surface area contributed by atoms with Gasteiger partial charge in [-0.3, -0.25) is 20.4 Å². The number of pyridine rings is 1. The van der Waals surface area contributed by atoms with E-state index in [1.165, 1.54) is 11.8 Å². The Morgan fingerprint density at radius 2 is 1.82 bits per heavy atom. The molecule has 144 valence electrons. The molecule has 6 nitrogen and oxygen atoms in total. The van der Waals surface area contributed by atoms with Gasteiger partial charge in [0.05, 0.1) is 18.4 Å². The number of thioether (sulfide) groups is 1. The van der Waals surface area contributed by atoms with Crippen LogP contribution in [-0.2, 0) is 11.2 Å². The van der Waals surface area contributed by atoms with Gasteiger partial charge < -0.3 is 4.74 Å². The molecule has 0 aliphatic carbocycles. The van der Waals surface area contributed by atoms with Gasteiger partial charge in [-0.05, 0) is 48.4 Å². The number of methoxy groups -OCH3 is 1. The van der Waals surface area contributed by atoms with Crippen molar-refractivity contribution >= 4 is 34.5 Å². The number of hydrogen-bond acceptors (Lipinski definition) is 5. The maximum atomic E-state index is 12.1. The maximum Gasteiger partial charge on any atom is 0.269 e. The van der Waals surface area contributed by atoms with Gasteiger partial charge in [0.25, 0.3) is 5.91 Å². The van der Waals surface area contributed by atoms with Crippen molar-refractivity contribution in [3.8, 4) is 5.75 Å². The highest BCUT2D eigenvalue weighted by Crippen LogP contribution is 2.25. The van der Waals surface area contributed by atoms with E-state index in [9.17, 15) is 9.59 Å². The monoisotopic (exact) mass is 395 g/mol. The fourth-order valence-corrected chi connectivity index (χ4v) is 3.52. The Morgan fingerprint density at radius 1 is 1.07 bits per heavy atom. The second-order valence-electron chi connectivity index (χ2n) is 6.02. The zero-order chi connectivity index (χ0) is 19.9. The number of carbonyl (C=O) groups excluding carboxylic acids is 2. The summed E-state index contributed by atoms with van der Waals surface area (Å²) in [4.78, 5) is 28.9. The molecule has 0 aliphatic heterocycles. The molecule has 2 aromatic carbocycles. The van der Waals surface area contributed by atoms with Gasteiger partial charge in [0.1, 0.15) is 10.8 Å². The summed E-state index contributed by atoms with van der Waals surface area (Å²) >= 11 is 1.36. The van der Waals surface area contributed by atoms with Crippen molar-refractivity contribution in [2.24, 2.45) is 0 Å². The van der Waals surface area contributed by atoms with Gasteiger partial charge in [0, 0.05) is 10.9 Å². The largest absolute Gasteiger partial charge is 0.497 e.